The SMILES string of the molecule is COc1cc(CC(=O)Nc2ccc(C(CC(=O)O)NC(=O)c3ccccc3)nc2)ccc1NC(=O)Nc1ccccc1C. The predicted octanol–water partition coefficient (Wildman–Crippen LogP) is 5.17. The van der Waals surface area contributed by atoms with Gasteiger partial charge in [0.25, 0.3) is 5.91 Å². The molecule has 0 saturated heterocycles. The zero-order chi connectivity index (χ0) is 30.8. The average Bonchev–Trinajstić information content (AvgIpc) is 2.99. The van der Waals surface area contributed by atoms with E-state index in [1.165, 1.54) is 13.3 Å². The molecule has 1 aromatic heterocycles. The van der Waals surface area contributed by atoms with Gasteiger partial charge in [-0.25, -0.2) is 4.79 Å². The summed E-state index contributed by atoms with van der Waals surface area (Å²) < 4.78 is 5.42. The van der Waals surface area contributed by atoms with Crippen LogP contribution in [0.1, 0.15) is 39.6 Å². The molecule has 1 heterocycles. The lowest BCUT2D eigenvalue weighted by Crippen LogP contribution is -2.30. The molecule has 1 unspecified atom stereocenters. The minimum Gasteiger partial charge on any atom is -0.495 e. The van der Waals surface area contributed by atoms with Crippen LogP contribution in [0.25, 0.3) is 0 Å². The lowest BCUT2D eigenvalue weighted by atomic mass is 10.1. The van der Waals surface area contributed by atoms with Crippen molar-refractivity contribution in [2.45, 2.75) is 25.8 Å². The number of aryl methyl sites for hydroxylation is 1. The third kappa shape index (κ3) is 8.64. The largest absolute Gasteiger partial charge is 0.495 e. The van der Waals surface area contributed by atoms with E-state index in [4.69, 9.17) is 4.74 Å². The van der Waals surface area contributed by atoms with E-state index >= 15 is 0 Å². The second-order valence-corrected chi connectivity index (χ2v) is 9.62. The Bertz CT molecular complexity index is 1610. The fraction of sp³-hybridized carbons (Fsp3) is 0.156. The number of amides is 4. The van der Waals surface area contributed by atoms with Crippen LogP contribution in [0.4, 0.5) is 21.9 Å². The number of carboxylic acid groups (broad SMARTS) is 1. The number of ether oxygens (including phenoxy) is 1. The summed E-state index contributed by atoms with van der Waals surface area (Å²) in [4.78, 5) is 53.5. The van der Waals surface area contributed by atoms with Crippen molar-refractivity contribution in [2.24, 2.45) is 0 Å². The second kappa shape index (κ2) is 14.3. The van der Waals surface area contributed by atoms with Gasteiger partial charge in [-0.2, -0.15) is 0 Å². The van der Waals surface area contributed by atoms with E-state index in [9.17, 15) is 24.3 Å². The molecule has 0 aliphatic rings. The molecule has 4 amide bonds. The Morgan fingerprint density at radius 2 is 1.58 bits per heavy atom. The number of nitrogens with one attached hydrogen (secondary N) is 4. The minimum atomic E-state index is -1.10. The van der Waals surface area contributed by atoms with Gasteiger partial charge in [-0.05, 0) is 60.5 Å². The Morgan fingerprint density at radius 3 is 2.26 bits per heavy atom. The molecule has 11 nitrogen and oxygen atoms in total. The first-order chi connectivity index (χ1) is 20.7. The first kappa shape index (κ1) is 30.3. The second-order valence-electron chi connectivity index (χ2n) is 9.62. The molecule has 0 bridgehead atoms. The van der Waals surface area contributed by atoms with Gasteiger partial charge in [-0.15, -0.1) is 0 Å². The monoisotopic (exact) mass is 581 g/mol. The zero-order valence-corrected chi connectivity index (χ0v) is 23.6. The first-order valence-electron chi connectivity index (χ1n) is 13.4. The fourth-order valence-corrected chi connectivity index (χ4v) is 4.25. The molecule has 1 atom stereocenters. The lowest BCUT2D eigenvalue weighted by Gasteiger charge is -2.17. The molecule has 4 aromatic rings. The number of hydrogen-bond donors (Lipinski definition) is 5. The summed E-state index contributed by atoms with van der Waals surface area (Å²) in [5, 5.41) is 20.4. The van der Waals surface area contributed by atoms with E-state index in [2.05, 4.69) is 26.3 Å². The molecular weight excluding hydrogens is 550 g/mol. The van der Waals surface area contributed by atoms with Gasteiger partial charge < -0.3 is 31.1 Å². The Kier molecular flexibility index (Phi) is 10.0. The molecule has 0 fully saturated rings. The summed E-state index contributed by atoms with van der Waals surface area (Å²) in [5.74, 6) is -1.46. The molecule has 3 aromatic carbocycles. The number of urea groups is 1. The zero-order valence-electron chi connectivity index (χ0n) is 23.6. The predicted molar refractivity (Wildman–Crippen MR) is 162 cm³/mol. The number of benzene rings is 3. The van der Waals surface area contributed by atoms with Crippen molar-refractivity contribution in [2.75, 3.05) is 23.1 Å². The highest BCUT2D eigenvalue weighted by molar-refractivity contribution is 6.01. The van der Waals surface area contributed by atoms with Crippen molar-refractivity contribution in [1.29, 1.82) is 0 Å². The fourth-order valence-electron chi connectivity index (χ4n) is 4.25. The summed E-state index contributed by atoms with van der Waals surface area (Å²) in [5.41, 5.74) is 3.82. The van der Waals surface area contributed by atoms with Crippen molar-refractivity contribution in [3.8, 4) is 5.75 Å². The van der Waals surface area contributed by atoms with Crippen LogP contribution < -0.4 is 26.0 Å². The minimum absolute atomic E-state index is 0.0164. The number of aromatic nitrogens is 1. The van der Waals surface area contributed by atoms with Crippen molar-refractivity contribution in [3.05, 3.63) is 114 Å². The summed E-state index contributed by atoms with van der Waals surface area (Å²) >= 11 is 0. The van der Waals surface area contributed by atoms with E-state index in [1.807, 2.05) is 25.1 Å². The Morgan fingerprint density at radius 1 is 0.860 bits per heavy atom. The van der Waals surface area contributed by atoms with Crippen molar-refractivity contribution in [1.82, 2.24) is 10.3 Å². The number of pyridine rings is 1. The van der Waals surface area contributed by atoms with Crippen LogP contribution in [0.15, 0.2) is 91.1 Å². The van der Waals surface area contributed by atoms with Gasteiger partial charge in [0.2, 0.25) is 5.91 Å². The number of carboxylic acids is 1. The molecule has 4 rings (SSSR count). The van der Waals surface area contributed by atoms with Gasteiger partial charge in [-0.3, -0.25) is 19.4 Å². The van der Waals surface area contributed by atoms with Gasteiger partial charge in [0, 0.05) is 11.3 Å². The molecule has 5 N–H and O–H groups in total. The average molecular weight is 582 g/mol. The molecule has 43 heavy (non-hydrogen) atoms. The van der Waals surface area contributed by atoms with Crippen LogP contribution >= 0.6 is 0 Å². The number of carbonyl (C=O) groups excluding carboxylic acids is 3. The summed E-state index contributed by atoms with van der Waals surface area (Å²) in [6.45, 7) is 1.89. The van der Waals surface area contributed by atoms with Crippen LogP contribution in [0.3, 0.4) is 0 Å². The van der Waals surface area contributed by atoms with Gasteiger partial charge in [0.1, 0.15) is 5.75 Å². The number of para-hydroxylation sites is 1. The summed E-state index contributed by atoms with van der Waals surface area (Å²) in [6.07, 6.45) is 1.05. The van der Waals surface area contributed by atoms with Gasteiger partial charge in [0.15, 0.2) is 0 Å². The Balaban J connectivity index is 1.36. The van der Waals surface area contributed by atoms with Crippen LogP contribution in [-0.2, 0) is 16.0 Å². The van der Waals surface area contributed by atoms with E-state index in [0.717, 1.165) is 5.56 Å². The normalized spacial score (nSPS) is 11.1. The molecule has 0 aliphatic carbocycles. The van der Waals surface area contributed by atoms with Crippen LogP contribution in [0.5, 0.6) is 5.75 Å². The highest BCUT2D eigenvalue weighted by Gasteiger charge is 2.20. The molecule has 11 heteroatoms. The number of rotatable bonds is 11. The summed E-state index contributed by atoms with van der Waals surface area (Å²) in [6, 6.07) is 22.7. The van der Waals surface area contributed by atoms with Crippen LogP contribution in [0.2, 0.25) is 0 Å². The maximum absolute atomic E-state index is 12.8. The van der Waals surface area contributed by atoms with Crippen molar-refractivity contribution >= 4 is 40.9 Å². The maximum Gasteiger partial charge on any atom is 0.323 e. The van der Waals surface area contributed by atoms with E-state index in [0.29, 0.717) is 39.6 Å². The molecule has 0 saturated carbocycles. The number of methoxy groups -OCH3 is 1. The topological polar surface area (TPSA) is 159 Å². The van der Waals surface area contributed by atoms with E-state index in [-0.39, 0.29) is 18.7 Å². The van der Waals surface area contributed by atoms with E-state index in [1.54, 1.807) is 66.7 Å². The quantitative estimate of drug-likeness (QED) is 0.163. The van der Waals surface area contributed by atoms with Gasteiger partial charge >= 0.3 is 12.0 Å². The first-order valence-corrected chi connectivity index (χ1v) is 13.4. The standard InChI is InChI=1S/C32H31N5O6/c1-20-8-6-7-11-24(20)36-32(42)37-26-14-12-21(16-28(26)43-2)17-29(38)34-23-13-15-25(33-19-23)27(18-30(39)40)35-31(41)22-9-4-3-5-10-22/h3-16,19,27H,17-18H2,1-2H3,(H,34,38)(H,35,41)(H,39,40)(H2,36,37,42). The molecule has 0 radical (unpaired) electrons. The van der Waals surface area contributed by atoms with Crippen LogP contribution in [-0.4, -0.2) is 41.0 Å². The molecule has 0 aliphatic heterocycles. The van der Waals surface area contributed by atoms with Gasteiger partial charge in [0.05, 0.1) is 49.3 Å². The third-order valence-electron chi connectivity index (χ3n) is 6.42. The third-order valence-corrected chi connectivity index (χ3v) is 6.42. The van der Waals surface area contributed by atoms with E-state index < -0.39 is 23.9 Å². The maximum atomic E-state index is 12.8. The van der Waals surface area contributed by atoms with Crippen molar-refractivity contribution < 1.29 is 29.0 Å². The highest BCUT2D eigenvalue weighted by Crippen LogP contribution is 2.27. The van der Waals surface area contributed by atoms with Crippen LogP contribution in [0, 0.1) is 6.92 Å². The number of anilines is 3. The molecule has 220 valence electrons. The van der Waals surface area contributed by atoms with Crippen molar-refractivity contribution in [3.63, 3.8) is 0 Å². The van der Waals surface area contributed by atoms with Gasteiger partial charge in [-0.1, -0.05) is 42.5 Å². The smallest absolute Gasteiger partial charge is 0.323 e. The number of aliphatic carboxylic acids is 1. The molecular formula is C32H31N5O6. The summed E-state index contributed by atoms with van der Waals surface area (Å²) in [7, 11) is 1.47. The highest BCUT2D eigenvalue weighted by atomic mass is 16.5. The molecule has 0 spiro atoms. The lowest BCUT2D eigenvalue weighted by molar-refractivity contribution is -0.137. The Hall–Kier alpha value is -5.71. The Labute approximate surface area is 248 Å². The number of nitrogens with zero attached hydrogens (tertiary/aromatic N) is 1. The number of carbonyl (C=O) groups is 4. The number of hydrogen-bond acceptors (Lipinski definition) is 6.